The van der Waals surface area contributed by atoms with E-state index in [-0.39, 0.29) is 33.5 Å². The molecule has 3 rings (SSSR count). The van der Waals surface area contributed by atoms with Crippen LogP contribution in [0.5, 0.6) is 0 Å². The highest BCUT2D eigenvalue weighted by Crippen LogP contribution is 2.25. The molecule has 0 saturated heterocycles. The molecule has 12 heteroatoms. The van der Waals surface area contributed by atoms with E-state index in [0.29, 0.717) is 20.5 Å². The molecule has 0 aromatic carbocycles. The molecule has 3 aromatic heterocycles. The third-order valence-electron chi connectivity index (χ3n) is 3.36. The van der Waals surface area contributed by atoms with Crippen LogP contribution in [-0.2, 0) is 4.79 Å². The molecule has 0 aliphatic rings. The standard InChI is InChI=1S/C15H12N4O5S3/c1-5-10(6(2)20)27-15(16-5)17-8(21)4-26-14-18-11(22)9-7(13(23)24)3-25-12(9)19-14/h3H,4H2,1-2H3,(H,23,24)(H,16,17,21)(H,18,19,22). The number of carboxylic acid groups (broad SMARTS) is 1. The van der Waals surface area contributed by atoms with Crippen molar-refractivity contribution < 1.29 is 19.5 Å². The van der Waals surface area contributed by atoms with Crippen molar-refractivity contribution in [2.45, 2.75) is 19.0 Å². The minimum atomic E-state index is -1.20. The van der Waals surface area contributed by atoms with Gasteiger partial charge in [0.15, 0.2) is 16.1 Å². The number of aromatic carboxylic acids is 1. The summed E-state index contributed by atoms with van der Waals surface area (Å²) in [5.74, 6) is -1.73. The summed E-state index contributed by atoms with van der Waals surface area (Å²) in [5.41, 5.74) is -0.111. The number of carbonyl (C=O) groups excluding carboxylic acids is 2. The van der Waals surface area contributed by atoms with Crippen molar-refractivity contribution >= 4 is 67.4 Å². The first-order valence-corrected chi connectivity index (χ1v) is 10.1. The zero-order chi connectivity index (χ0) is 19.7. The number of aryl methyl sites for hydroxylation is 1. The average molecular weight is 424 g/mol. The number of anilines is 1. The molecule has 0 atom stereocenters. The number of H-pyrrole nitrogens is 1. The van der Waals surface area contributed by atoms with Gasteiger partial charge in [-0.15, -0.1) is 11.3 Å². The molecule has 3 aromatic rings. The molecule has 0 fully saturated rings. The normalized spacial score (nSPS) is 10.9. The highest BCUT2D eigenvalue weighted by atomic mass is 32.2. The van der Waals surface area contributed by atoms with Gasteiger partial charge in [-0.1, -0.05) is 23.1 Å². The van der Waals surface area contributed by atoms with E-state index in [0.717, 1.165) is 34.4 Å². The number of nitrogens with one attached hydrogen (secondary N) is 2. The Morgan fingerprint density at radius 2 is 2.07 bits per heavy atom. The van der Waals surface area contributed by atoms with Gasteiger partial charge in [0.05, 0.1) is 27.3 Å². The number of hydrogen-bond acceptors (Lipinski definition) is 9. The highest BCUT2D eigenvalue weighted by molar-refractivity contribution is 7.99. The maximum atomic E-state index is 12.1. The largest absolute Gasteiger partial charge is 0.478 e. The third-order valence-corrected chi connectivity index (χ3v) is 6.27. The first-order valence-electron chi connectivity index (χ1n) is 7.42. The summed E-state index contributed by atoms with van der Waals surface area (Å²) in [6, 6.07) is 0. The van der Waals surface area contributed by atoms with Gasteiger partial charge in [-0.05, 0) is 6.92 Å². The Morgan fingerprint density at radius 3 is 2.70 bits per heavy atom. The molecule has 0 aliphatic carbocycles. The number of thioether (sulfide) groups is 1. The van der Waals surface area contributed by atoms with Crippen LogP contribution in [0.4, 0.5) is 5.13 Å². The number of thiophene rings is 1. The fourth-order valence-electron chi connectivity index (χ4n) is 2.22. The average Bonchev–Trinajstić information content (AvgIpc) is 3.17. The topological polar surface area (TPSA) is 142 Å². The Morgan fingerprint density at radius 1 is 1.33 bits per heavy atom. The van der Waals surface area contributed by atoms with Crippen LogP contribution in [0, 0.1) is 6.92 Å². The lowest BCUT2D eigenvalue weighted by Gasteiger charge is -2.02. The van der Waals surface area contributed by atoms with Gasteiger partial charge in [0.25, 0.3) is 5.56 Å². The van der Waals surface area contributed by atoms with Gasteiger partial charge in [0.2, 0.25) is 5.91 Å². The van der Waals surface area contributed by atoms with E-state index in [1.165, 1.54) is 12.3 Å². The minimum absolute atomic E-state index is 0.0244. The van der Waals surface area contributed by atoms with Crippen LogP contribution in [0.15, 0.2) is 15.3 Å². The van der Waals surface area contributed by atoms with Gasteiger partial charge >= 0.3 is 5.97 Å². The maximum absolute atomic E-state index is 12.1. The Balaban J connectivity index is 1.70. The summed E-state index contributed by atoms with van der Waals surface area (Å²) in [6.07, 6.45) is 0. The summed E-state index contributed by atoms with van der Waals surface area (Å²) < 4.78 is 0. The van der Waals surface area contributed by atoms with Crippen molar-refractivity contribution in [1.82, 2.24) is 15.0 Å². The van der Waals surface area contributed by atoms with Crippen LogP contribution in [0.2, 0.25) is 0 Å². The number of ketones is 1. The third kappa shape index (κ3) is 4.07. The quantitative estimate of drug-likeness (QED) is 0.311. The first-order chi connectivity index (χ1) is 12.8. The van der Waals surface area contributed by atoms with E-state index >= 15 is 0 Å². The molecular weight excluding hydrogens is 412 g/mol. The highest BCUT2D eigenvalue weighted by Gasteiger charge is 2.17. The monoisotopic (exact) mass is 424 g/mol. The Kier molecular flexibility index (Phi) is 5.39. The Bertz CT molecular complexity index is 1130. The summed E-state index contributed by atoms with van der Waals surface area (Å²) in [7, 11) is 0. The fourth-order valence-corrected chi connectivity index (χ4v) is 4.73. The van der Waals surface area contributed by atoms with Crippen LogP contribution in [0.25, 0.3) is 10.2 Å². The summed E-state index contributed by atoms with van der Waals surface area (Å²) in [5, 5.41) is 13.6. The molecule has 3 N–H and O–H groups in total. The van der Waals surface area contributed by atoms with E-state index in [2.05, 4.69) is 20.3 Å². The van der Waals surface area contributed by atoms with Gasteiger partial charge < -0.3 is 15.4 Å². The van der Waals surface area contributed by atoms with Crippen molar-refractivity contribution in [2.75, 3.05) is 11.1 Å². The van der Waals surface area contributed by atoms with Crippen molar-refractivity contribution in [3.63, 3.8) is 0 Å². The zero-order valence-corrected chi connectivity index (χ0v) is 16.4. The molecule has 9 nitrogen and oxygen atoms in total. The van der Waals surface area contributed by atoms with E-state index in [1.807, 2.05) is 0 Å². The van der Waals surface area contributed by atoms with E-state index in [4.69, 9.17) is 5.11 Å². The number of hydrogen-bond donors (Lipinski definition) is 3. The number of nitrogens with zero attached hydrogens (tertiary/aromatic N) is 2. The van der Waals surface area contributed by atoms with Crippen LogP contribution in [-0.4, -0.2) is 43.5 Å². The molecule has 0 spiro atoms. The molecule has 1 amide bonds. The predicted octanol–water partition coefficient (Wildman–Crippen LogP) is 2.38. The SMILES string of the molecule is CC(=O)c1sc(NC(=O)CSc2nc3scc(C(=O)O)c3c(=O)[nH]2)nc1C. The molecule has 0 saturated carbocycles. The van der Waals surface area contributed by atoms with Gasteiger partial charge in [0, 0.05) is 12.3 Å². The summed E-state index contributed by atoms with van der Waals surface area (Å²) in [6.45, 7) is 3.12. The number of amides is 1. The van der Waals surface area contributed by atoms with Crippen LogP contribution < -0.4 is 10.9 Å². The molecule has 0 unspecified atom stereocenters. The second kappa shape index (κ2) is 7.58. The first kappa shape index (κ1) is 19.2. The van der Waals surface area contributed by atoms with Crippen molar-refractivity contribution in [2.24, 2.45) is 0 Å². The van der Waals surface area contributed by atoms with Crippen LogP contribution in [0.1, 0.15) is 32.6 Å². The molecular formula is C15H12N4O5S3. The molecule has 0 radical (unpaired) electrons. The number of carboxylic acids is 1. The number of thiazole rings is 1. The summed E-state index contributed by atoms with van der Waals surface area (Å²) in [4.78, 5) is 58.3. The Hall–Kier alpha value is -2.57. The van der Waals surface area contributed by atoms with Gasteiger partial charge in [-0.3, -0.25) is 14.4 Å². The number of Topliss-reactive ketones (excluding diaryl/α,β-unsaturated/α-hetero) is 1. The zero-order valence-electron chi connectivity index (χ0n) is 14.0. The van der Waals surface area contributed by atoms with E-state index in [9.17, 15) is 19.2 Å². The van der Waals surface area contributed by atoms with E-state index in [1.54, 1.807) is 6.92 Å². The number of carbonyl (C=O) groups is 3. The predicted molar refractivity (Wildman–Crippen MR) is 103 cm³/mol. The van der Waals surface area contributed by atoms with Crippen molar-refractivity contribution in [1.29, 1.82) is 0 Å². The van der Waals surface area contributed by atoms with Crippen molar-refractivity contribution in [3.8, 4) is 0 Å². The van der Waals surface area contributed by atoms with Crippen LogP contribution >= 0.6 is 34.4 Å². The molecule has 0 bridgehead atoms. The smallest absolute Gasteiger partial charge is 0.337 e. The number of rotatable bonds is 6. The Labute approximate surface area is 163 Å². The number of aromatic nitrogens is 3. The lowest BCUT2D eigenvalue weighted by molar-refractivity contribution is -0.113. The minimum Gasteiger partial charge on any atom is -0.478 e. The molecule has 0 aliphatic heterocycles. The van der Waals surface area contributed by atoms with Gasteiger partial charge in [-0.2, -0.15) is 0 Å². The number of aromatic amines is 1. The molecule has 140 valence electrons. The van der Waals surface area contributed by atoms with Crippen LogP contribution in [0.3, 0.4) is 0 Å². The molecule has 27 heavy (non-hydrogen) atoms. The number of fused-ring (bicyclic) bond motifs is 1. The lowest BCUT2D eigenvalue weighted by atomic mass is 10.2. The molecule has 3 heterocycles. The maximum Gasteiger partial charge on any atom is 0.337 e. The lowest BCUT2D eigenvalue weighted by Crippen LogP contribution is -2.15. The fraction of sp³-hybridized carbons (Fsp3) is 0.200. The second-order valence-corrected chi connectivity index (χ2v) is 8.15. The second-order valence-electron chi connectivity index (χ2n) is 5.33. The van der Waals surface area contributed by atoms with E-state index < -0.39 is 11.5 Å². The van der Waals surface area contributed by atoms with Gasteiger partial charge in [0.1, 0.15) is 4.83 Å². The van der Waals surface area contributed by atoms with Crippen molar-refractivity contribution in [3.05, 3.63) is 31.9 Å². The van der Waals surface area contributed by atoms with Gasteiger partial charge in [-0.25, -0.2) is 14.8 Å². The summed E-state index contributed by atoms with van der Waals surface area (Å²) >= 11 is 3.15.